The molecule has 0 spiro atoms. The lowest BCUT2D eigenvalue weighted by Crippen LogP contribution is -2.07. The van der Waals surface area contributed by atoms with Gasteiger partial charge in [-0.2, -0.15) is 4.68 Å². The van der Waals surface area contributed by atoms with Crippen molar-refractivity contribution in [2.24, 2.45) is 0 Å². The predicted octanol–water partition coefficient (Wildman–Crippen LogP) is 1.31. The van der Waals surface area contributed by atoms with Gasteiger partial charge in [-0.1, -0.05) is 12.1 Å². The van der Waals surface area contributed by atoms with Crippen LogP contribution in [0.1, 0.15) is 16.3 Å². The molecular weight excluding hydrogens is 258 g/mol. The van der Waals surface area contributed by atoms with E-state index in [1.807, 2.05) is 31.2 Å². The minimum absolute atomic E-state index is 0.0122. The van der Waals surface area contributed by atoms with Crippen molar-refractivity contribution in [2.45, 2.75) is 6.92 Å². The van der Waals surface area contributed by atoms with Crippen LogP contribution in [0.5, 0.6) is 0 Å². The molecule has 7 heteroatoms. The molecule has 0 aliphatic rings. The molecule has 0 amide bonds. The van der Waals surface area contributed by atoms with Gasteiger partial charge >= 0.3 is 5.97 Å². The first-order chi connectivity index (χ1) is 9.69. The van der Waals surface area contributed by atoms with Crippen molar-refractivity contribution in [3.05, 3.63) is 42.1 Å². The van der Waals surface area contributed by atoms with E-state index in [0.717, 1.165) is 11.0 Å². The number of hydrogen-bond donors (Lipinski definition) is 0. The second-order valence-corrected chi connectivity index (χ2v) is 4.13. The first-order valence-corrected chi connectivity index (χ1v) is 5.93. The maximum Gasteiger partial charge on any atom is 0.377 e. The molecule has 0 aliphatic carbocycles. The van der Waals surface area contributed by atoms with Gasteiger partial charge in [-0.15, -0.1) is 5.10 Å². The molecule has 0 saturated carbocycles. The zero-order chi connectivity index (χ0) is 14.1. The molecule has 2 heterocycles. The molecule has 0 N–H and O–H groups in total. The topological polar surface area (TPSA) is 82.8 Å². The molecule has 0 atom stereocenters. The van der Waals surface area contributed by atoms with Crippen LogP contribution in [0.25, 0.3) is 16.9 Å². The summed E-state index contributed by atoms with van der Waals surface area (Å²) in [5, 5.41) is 4.05. The molecule has 2 aromatic heterocycles. The molecule has 20 heavy (non-hydrogen) atoms. The fourth-order valence-corrected chi connectivity index (χ4v) is 1.85. The highest BCUT2D eigenvalue weighted by Gasteiger charge is 2.14. The Labute approximate surface area is 114 Å². The summed E-state index contributed by atoms with van der Waals surface area (Å²) < 4.78 is 5.99. The van der Waals surface area contributed by atoms with Gasteiger partial charge in [0.2, 0.25) is 0 Å². The van der Waals surface area contributed by atoms with Gasteiger partial charge in [-0.25, -0.2) is 19.7 Å². The number of nitrogens with zero attached hydrogens (tertiary/aromatic N) is 5. The minimum atomic E-state index is -0.588. The lowest BCUT2D eigenvalue weighted by molar-refractivity contribution is 0.0587. The molecule has 0 bridgehead atoms. The zero-order valence-corrected chi connectivity index (χ0v) is 10.9. The summed E-state index contributed by atoms with van der Waals surface area (Å²) in [7, 11) is 1.28. The predicted molar refractivity (Wildman–Crippen MR) is 70.5 cm³/mol. The third-order valence-corrected chi connectivity index (χ3v) is 2.80. The first kappa shape index (κ1) is 12.2. The van der Waals surface area contributed by atoms with Crippen LogP contribution in [0.4, 0.5) is 0 Å². The van der Waals surface area contributed by atoms with E-state index in [2.05, 4.69) is 24.8 Å². The van der Waals surface area contributed by atoms with E-state index in [1.54, 1.807) is 0 Å². The number of aromatic nitrogens is 5. The third kappa shape index (κ3) is 1.99. The van der Waals surface area contributed by atoms with Crippen molar-refractivity contribution >= 4 is 17.0 Å². The van der Waals surface area contributed by atoms with E-state index in [9.17, 15) is 4.79 Å². The van der Waals surface area contributed by atoms with Crippen molar-refractivity contribution in [2.75, 3.05) is 7.11 Å². The highest BCUT2D eigenvalue weighted by molar-refractivity contribution is 5.84. The van der Waals surface area contributed by atoms with Crippen molar-refractivity contribution in [3.8, 4) is 5.82 Å². The molecule has 0 fully saturated rings. The van der Waals surface area contributed by atoms with Gasteiger partial charge in [-0.05, 0) is 19.1 Å². The zero-order valence-electron chi connectivity index (χ0n) is 10.9. The van der Waals surface area contributed by atoms with Crippen molar-refractivity contribution < 1.29 is 9.53 Å². The Morgan fingerprint density at radius 3 is 2.60 bits per heavy atom. The molecule has 0 unspecified atom stereocenters. The van der Waals surface area contributed by atoms with Gasteiger partial charge in [-0.3, -0.25) is 0 Å². The number of carbonyl (C=O) groups is 1. The fourth-order valence-electron chi connectivity index (χ4n) is 1.85. The van der Waals surface area contributed by atoms with Gasteiger partial charge in [0.15, 0.2) is 5.82 Å². The van der Waals surface area contributed by atoms with Crippen LogP contribution in [0.15, 0.2) is 30.6 Å². The van der Waals surface area contributed by atoms with E-state index in [-0.39, 0.29) is 5.82 Å². The van der Waals surface area contributed by atoms with Gasteiger partial charge < -0.3 is 4.74 Å². The number of fused-ring (bicyclic) bond motifs is 1. The van der Waals surface area contributed by atoms with E-state index in [0.29, 0.717) is 11.5 Å². The van der Waals surface area contributed by atoms with Gasteiger partial charge in [0, 0.05) is 0 Å². The Hall–Kier alpha value is -2.83. The van der Waals surface area contributed by atoms with Crippen LogP contribution in [0.2, 0.25) is 0 Å². The highest BCUT2D eigenvalue weighted by atomic mass is 16.5. The third-order valence-electron chi connectivity index (χ3n) is 2.80. The number of methoxy groups -OCH3 is 1. The van der Waals surface area contributed by atoms with Gasteiger partial charge in [0.05, 0.1) is 23.8 Å². The average Bonchev–Trinajstić information content (AvgIpc) is 2.95. The Morgan fingerprint density at radius 2 is 1.90 bits per heavy atom. The average molecular weight is 269 g/mol. The van der Waals surface area contributed by atoms with Crippen molar-refractivity contribution in [3.63, 3.8) is 0 Å². The summed E-state index contributed by atoms with van der Waals surface area (Å²) in [5.74, 6) is -0.0663. The summed E-state index contributed by atoms with van der Waals surface area (Å²) >= 11 is 0. The molecule has 0 radical (unpaired) electrons. The lowest BCUT2D eigenvalue weighted by Gasteiger charge is -2.05. The van der Waals surface area contributed by atoms with Crippen LogP contribution < -0.4 is 0 Å². The van der Waals surface area contributed by atoms with Crippen LogP contribution >= 0.6 is 0 Å². The summed E-state index contributed by atoms with van der Waals surface area (Å²) in [4.78, 5) is 24.2. The van der Waals surface area contributed by atoms with E-state index < -0.39 is 5.97 Å². The maximum atomic E-state index is 11.4. The van der Waals surface area contributed by atoms with Gasteiger partial charge in [0.1, 0.15) is 6.33 Å². The molecule has 0 saturated heterocycles. The quantitative estimate of drug-likeness (QED) is 0.652. The first-order valence-electron chi connectivity index (χ1n) is 5.93. The standard InChI is InChI=1S/C13H11N5O2/c1-8-12(16-10-6-4-3-5-9(10)15-8)18-7-14-11(17-18)13(19)20-2/h3-7H,1-2H3. The SMILES string of the molecule is COC(=O)c1ncn(-c2nc3ccccc3nc2C)n1. The molecule has 0 aliphatic heterocycles. The summed E-state index contributed by atoms with van der Waals surface area (Å²) in [6, 6.07) is 7.54. The Bertz CT molecular complexity index is 796. The number of para-hydroxylation sites is 2. The Morgan fingerprint density at radius 1 is 1.20 bits per heavy atom. The Balaban J connectivity index is 2.11. The highest BCUT2D eigenvalue weighted by Crippen LogP contribution is 2.14. The number of aryl methyl sites for hydroxylation is 1. The molecule has 100 valence electrons. The monoisotopic (exact) mass is 269 g/mol. The minimum Gasteiger partial charge on any atom is -0.463 e. The van der Waals surface area contributed by atoms with Crippen LogP contribution in [-0.2, 0) is 4.74 Å². The van der Waals surface area contributed by atoms with Crippen molar-refractivity contribution in [1.29, 1.82) is 0 Å². The molecular formula is C13H11N5O2. The largest absolute Gasteiger partial charge is 0.463 e. The number of ether oxygens (including phenoxy) is 1. The van der Waals surface area contributed by atoms with E-state index in [4.69, 9.17) is 0 Å². The molecule has 7 nitrogen and oxygen atoms in total. The van der Waals surface area contributed by atoms with Crippen LogP contribution in [-0.4, -0.2) is 37.8 Å². The molecule has 1 aromatic carbocycles. The van der Waals surface area contributed by atoms with Gasteiger partial charge in [0.25, 0.3) is 5.82 Å². The second-order valence-electron chi connectivity index (χ2n) is 4.13. The lowest BCUT2D eigenvalue weighted by atomic mass is 10.3. The second kappa shape index (κ2) is 4.69. The summed E-state index contributed by atoms with van der Waals surface area (Å²) in [6.45, 7) is 1.83. The smallest absolute Gasteiger partial charge is 0.377 e. The van der Waals surface area contributed by atoms with E-state index >= 15 is 0 Å². The van der Waals surface area contributed by atoms with E-state index in [1.165, 1.54) is 18.1 Å². The van der Waals surface area contributed by atoms with Crippen LogP contribution in [0.3, 0.4) is 0 Å². The number of benzene rings is 1. The Kier molecular flexibility index (Phi) is 2.86. The summed E-state index contributed by atoms with van der Waals surface area (Å²) in [5.41, 5.74) is 2.26. The number of rotatable bonds is 2. The fraction of sp³-hybridized carbons (Fsp3) is 0.154. The van der Waals surface area contributed by atoms with Crippen LogP contribution in [0, 0.1) is 6.92 Å². The maximum absolute atomic E-state index is 11.4. The molecule has 3 rings (SSSR count). The van der Waals surface area contributed by atoms with Crippen molar-refractivity contribution in [1.82, 2.24) is 24.7 Å². The molecule has 3 aromatic rings. The normalized spacial score (nSPS) is 10.7. The number of carbonyl (C=O) groups excluding carboxylic acids is 1. The number of esters is 1. The summed E-state index contributed by atoms with van der Waals surface area (Å²) in [6.07, 6.45) is 1.41. The number of hydrogen-bond acceptors (Lipinski definition) is 6.